The predicted molar refractivity (Wildman–Crippen MR) is 98.8 cm³/mol. The summed E-state index contributed by atoms with van der Waals surface area (Å²) in [4.78, 5) is 25.5. The van der Waals surface area contributed by atoms with Crippen LogP contribution in [0, 0.1) is 5.92 Å². The van der Waals surface area contributed by atoms with E-state index in [1.165, 1.54) is 18.3 Å². The highest BCUT2D eigenvalue weighted by molar-refractivity contribution is 7.88. The Morgan fingerprint density at radius 3 is 2.65 bits per heavy atom. The lowest BCUT2D eigenvalue weighted by Gasteiger charge is -2.34. The van der Waals surface area contributed by atoms with Crippen LogP contribution in [0.3, 0.4) is 0 Å². The van der Waals surface area contributed by atoms with Gasteiger partial charge in [0.25, 0.3) is 5.91 Å². The molecule has 0 aromatic heterocycles. The first-order valence-electron chi connectivity index (χ1n) is 8.24. The second-order valence-corrected chi connectivity index (χ2v) is 8.84. The van der Waals surface area contributed by atoms with Crippen molar-refractivity contribution in [2.75, 3.05) is 38.8 Å². The molecule has 1 aliphatic heterocycles. The van der Waals surface area contributed by atoms with Crippen LogP contribution in [0.5, 0.6) is 5.75 Å². The summed E-state index contributed by atoms with van der Waals surface area (Å²) in [6.45, 7) is 3.90. The summed E-state index contributed by atoms with van der Waals surface area (Å²) >= 11 is 0. The van der Waals surface area contributed by atoms with Crippen LogP contribution in [-0.2, 0) is 14.8 Å². The minimum Gasteiger partial charge on any atom is -0.488 e. The molecule has 0 bridgehead atoms. The molecule has 1 N–H and O–H groups in total. The molecule has 1 heterocycles. The Morgan fingerprint density at radius 1 is 1.42 bits per heavy atom. The van der Waals surface area contributed by atoms with Crippen molar-refractivity contribution in [2.24, 2.45) is 5.92 Å². The van der Waals surface area contributed by atoms with E-state index >= 15 is 0 Å². The van der Waals surface area contributed by atoms with Gasteiger partial charge >= 0.3 is 0 Å². The molecular weight excluding hydrogens is 358 g/mol. The third-order valence-corrected chi connectivity index (χ3v) is 5.64. The molecule has 1 aliphatic rings. The first kappa shape index (κ1) is 20.2. The fourth-order valence-electron chi connectivity index (χ4n) is 2.80. The molecule has 8 nitrogen and oxygen atoms in total. The van der Waals surface area contributed by atoms with Gasteiger partial charge in [-0.25, -0.2) is 12.7 Å². The minimum atomic E-state index is -3.34. The predicted octanol–water partition coefficient (Wildman–Crippen LogP) is 1.01. The first-order chi connectivity index (χ1) is 12.0. The number of carbonyl (C=O) groups excluding carboxylic acids is 2. The third kappa shape index (κ3) is 4.73. The zero-order valence-electron chi connectivity index (χ0n) is 15.6. The summed E-state index contributed by atoms with van der Waals surface area (Å²) in [7, 11) is -0.153. The average molecular weight is 383 g/mol. The van der Waals surface area contributed by atoms with Gasteiger partial charge in [-0.15, -0.1) is 0 Å². The number of carbonyl (C=O) groups is 2. The number of hydrogen-bond donors (Lipinski definition) is 1. The van der Waals surface area contributed by atoms with E-state index in [0.717, 1.165) is 6.26 Å². The van der Waals surface area contributed by atoms with Gasteiger partial charge in [-0.1, -0.05) is 6.92 Å². The maximum absolute atomic E-state index is 12.7. The van der Waals surface area contributed by atoms with E-state index in [1.54, 1.807) is 30.1 Å². The van der Waals surface area contributed by atoms with Gasteiger partial charge in [0.2, 0.25) is 15.9 Å². The number of sulfonamides is 1. The maximum Gasteiger partial charge on any atom is 0.257 e. The van der Waals surface area contributed by atoms with Gasteiger partial charge in [0.1, 0.15) is 11.9 Å². The van der Waals surface area contributed by atoms with Crippen LogP contribution in [0.2, 0.25) is 0 Å². The highest BCUT2D eigenvalue weighted by Gasteiger charge is 2.31. The Balaban J connectivity index is 2.39. The number of anilines is 1. The largest absolute Gasteiger partial charge is 0.488 e. The summed E-state index contributed by atoms with van der Waals surface area (Å²) in [5.74, 6) is -0.154. The fourth-order valence-corrected chi connectivity index (χ4v) is 3.22. The van der Waals surface area contributed by atoms with Crippen LogP contribution >= 0.6 is 0 Å². The summed E-state index contributed by atoms with van der Waals surface area (Å²) in [6, 6.07) is 4.85. The van der Waals surface area contributed by atoms with Crippen LogP contribution in [-0.4, -0.2) is 69.0 Å². The van der Waals surface area contributed by atoms with Crippen molar-refractivity contribution in [1.29, 1.82) is 0 Å². The molecule has 0 aliphatic carbocycles. The monoisotopic (exact) mass is 383 g/mol. The van der Waals surface area contributed by atoms with Crippen molar-refractivity contribution in [3.05, 3.63) is 23.8 Å². The van der Waals surface area contributed by atoms with Gasteiger partial charge in [0, 0.05) is 39.2 Å². The Bertz CT molecular complexity index is 809. The van der Waals surface area contributed by atoms with E-state index in [0.29, 0.717) is 23.5 Å². The number of benzene rings is 1. The van der Waals surface area contributed by atoms with E-state index in [4.69, 9.17) is 4.74 Å². The number of fused-ring (bicyclic) bond motifs is 1. The molecular formula is C17H25N3O5S. The van der Waals surface area contributed by atoms with E-state index in [1.807, 2.05) is 6.92 Å². The summed E-state index contributed by atoms with van der Waals surface area (Å²) in [6.07, 6.45) is 0.722. The van der Waals surface area contributed by atoms with E-state index < -0.39 is 16.1 Å². The molecule has 1 aromatic rings. The van der Waals surface area contributed by atoms with Crippen LogP contribution in [0.25, 0.3) is 0 Å². The van der Waals surface area contributed by atoms with E-state index in [-0.39, 0.29) is 24.3 Å². The van der Waals surface area contributed by atoms with Crippen molar-refractivity contribution in [1.82, 2.24) is 9.21 Å². The highest BCUT2D eigenvalue weighted by atomic mass is 32.2. The number of likely N-dealkylation sites (N-methyl/N-ethyl adjacent to an activating group) is 1. The number of ether oxygens (including phenoxy) is 1. The van der Waals surface area contributed by atoms with E-state index in [2.05, 4.69) is 5.32 Å². The molecule has 0 radical (unpaired) electrons. The Morgan fingerprint density at radius 2 is 2.08 bits per heavy atom. The topological polar surface area (TPSA) is 96.0 Å². The van der Waals surface area contributed by atoms with Crippen molar-refractivity contribution in [3.63, 3.8) is 0 Å². The van der Waals surface area contributed by atoms with Crippen LogP contribution in [0.4, 0.5) is 5.69 Å². The molecule has 0 saturated carbocycles. The lowest BCUT2D eigenvalue weighted by Crippen LogP contribution is -2.46. The minimum absolute atomic E-state index is 0.0729. The zero-order valence-corrected chi connectivity index (χ0v) is 16.5. The molecule has 2 rings (SSSR count). The zero-order chi connectivity index (χ0) is 19.6. The smallest absolute Gasteiger partial charge is 0.257 e. The number of nitrogens with zero attached hydrogens (tertiary/aromatic N) is 2. The molecule has 0 unspecified atom stereocenters. The third-order valence-electron chi connectivity index (χ3n) is 4.36. The van der Waals surface area contributed by atoms with Gasteiger partial charge < -0.3 is 15.0 Å². The van der Waals surface area contributed by atoms with Gasteiger partial charge in [0.15, 0.2) is 0 Å². The van der Waals surface area contributed by atoms with Crippen molar-refractivity contribution in [3.8, 4) is 5.75 Å². The average Bonchev–Trinajstić information content (AvgIpc) is 2.52. The van der Waals surface area contributed by atoms with Gasteiger partial charge in [-0.05, 0) is 18.2 Å². The number of nitrogens with one attached hydrogen (secondary N) is 1. The molecule has 144 valence electrons. The molecule has 2 amide bonds. The molecule has 26 heavy (non-hydrogen) atoms. The van der Waals surface area contributed by atoms with Crippen LogP contribution in [0.1, 0.15) is 24.2 Å². The molecule has 0 saturated heterocycles. The number of amides is 2. The maximum atomic E-state index is 12.7. The first-order valence-corrected chi connectivity index (χ1v) is 10.1. The Kier molecular flexibility index (Phi) is 5.92. The van der Waals surface area contributed by atoms with Gasteiger partial charge in [-0.3, -0.25) is 9.59 Å². The summed E-state index contributed by atoms with van der Waals surface area (Å²) in [5.41, 5.74) is 0.831. The molecule has 2 atom stereocenters. The number of rotatable bonds is 4. The number of hydrogen-bond acceptors (Lipinski definition) is 5. The Labute approximate surface area is 154 Å². The Hall–Kier alpha value is -2.13. The van der Waals surface area contributed by atoms with Crippen molar-refractivity contribution >= 4 is 27.5 Å². The standard InChI is InChI=1S/C17H25N3O5S/c1-11-9-19(3)17(22)14-8-13(18-12(2)21)6-7-15(14)25-16(11)10-20(4)26(5,23)24/h6-8,11,16H,9-10H2,1-5H3,(H,18,21)/t11-,16+/m1/s1. The van der Waals surface area contributed by atoms with E-state index in [9.17, 15) is 18.0 Å². The normalized spacial score (nSPS) is 20.8. The van der Waals surface area contributed by atoms with Gasteiger partial charge in [-0.2, -0.15) is 0 Å². The summed E-state index contributed by atoms with van der Waals surface area (Å²) < 4.78 is 30.7. The van der Waals surface area contributed by atoms with Crippen molar-refractivity contribution in [2.45, 2.75) is 20.0 Å². The lowest BCUT2D eigenvalue weighted by molar-refractivity contribution is -0.114. The van der Waals surface area contributed by atoms with Gasteiger partial charge in [0.05, 0.1) is 18.4 Å². The summed E-state index contributed by atoms with van der Waals surface area (Å²) in [5, 5.41) is 2.65. The SMILES string of the molecule is CC(=O)Nc1ccc2c(c1)C(=O)N(C)C[C@@H](C)[C@H](CN(C)S(C)(=O)=O)O2. The molecule has 1 aromatic carbocycles. The van der Waals surface area contributed by atoms with Crippen LogP contribution in [0.15, 0.2) is 18.2 Å². The second kappa shape index (κ2) is 7.63. The fraction of sp³-hybridized carbons (Fsp3) is 0.529. The lowest BCUT2D eigenvalue weighted by atomic mass is 10.0. The molecule has 0 spiro atoms. The molecule has 0 fully saturated rings. The van der Waals surface area contributed by atoms with Crippen LogP contribution < -0.4 is 10.1 Å². The molecule has 9 heteroatoms. The highest BCUT2D eigenvalue weighted by Crippen LogP contribution is 2.29. The second-order valence-electron chi connectivity index (χ2n) is 6.75. The van der Waals surface area contributed by atoms with Crippen molar-refractivity contribution < 1.29 is 22.7 Å². The quantitative estimate of drug-likeness (QED) is 0.837.